The van der Waals surface area contributed by atoms with Crippen LogP contribution in [0.3, 0.4) is 0 Å². The van der Waals surface area contributed by atoms with Gasteiger partial charge in [0.1, 0.15) is 11.9 Å². The molecule has 25 heavy (non-hydrogen) atoms. The van der Waals surface area contributed by atoms with Crippen molar-refractivity contribution in [2.75, 3.05) is 5.32 Å². The van der Waals surface area contributed by atoms with Gasteiger partial charge in [-0.15, -0.1) is 6.58 Å². The highest BCUT2D eigenvalue weighted by Gasteiger charge is 2.47. The van der Waals surface area contributed by atoms with Crippen molar-refractivity contribution in [2.45, 2.75) is 38.0 Å². The molecule has 3 nitrogen and oxygen atoms in total. The van der Waals surface area contributed by atoms with Crippen molar-refractivity contribution in [3.05, 3.63) is 83.7 Å². The average molecular weight is 329 g/mol. The summed E-state index contributed by atoms with van der Waals surface area (Å²) in [6.07, 6.45) is 7.78. The summed E-state index contributed by atoms with van der Waals surface area (Å²) in [4.78, 5) is 4.29. The monoisotopic (exact) mass is 329 g/mol. The summed E-state index contributed by atoms with van der Waals surface area (Å²) in [7, 11) is 0. The molecule has 0 aliphatic heterocycles. The van der Waals surface area contributed by atoms with Crippen molar-refractivity contribution in [3.63, 3.8) is 0 Å². The van der Waals surface area contributed by atoms with Gasteiger partial charge >= 0.3 is 0 Å². The summed E-state index contributed by atoms with van der Waals surface area (Å²) in [6, 6.07) is 12.4. The third-order valence-corrected chi connectivity index (χ3v) is 5.01. The maximum atomic E-state index is 8.87. The number of anilines is 1. The summed E-state index contributed by atoms with van der Waals surface area (Å²) in [5.74, 6) is 0.731. The molecule has 126 valence electrons. The molecule has 1 fully saturated rings. The van der Waals surface area contributed by atoms with E-state index in [1.807, 2.05) is 12.1 Å². The predicted octanol–water partition coefficient (Wildman–Crippen LogP) is 5.04. The summed E-state index contributed by atoms with van der Waals surface area (Å²) in [6.45, 7) is 10.3. The van der Waals surface area contributed by atoms with Gasteiger partial charge in [0.2, 0.25) is 0 Å². The fourth-order valence-electron chi connectivity index (χ4n) is 3.23. The molecule has 0 saturated heterocycles. The molecule has 1 aromatic heterocycles. The third kappa shape index (κ3) is 3.49. The molecular weight excluding hydrogens is 306 g/mol. The van der Waals surface area contributed by atoms with Crippen LogP contribution in [-0.2, 0) is 11.8 Å². The Morgan fingerprint density at radius 3 is 2.72 bits per heavy atom. The predicted molar refractivity (Wildman–Crippen MR) is 102 cm³/mol. The number of allylic oxidation sites excluding steroid dienone is 2. The maximum absolute atomic E-state index is 8.87. The highest BCUT2D eigenvalue weighted by atomic mass is 15.0. The molecule has 0 radical (unpaired) electrons. The molecule has 1 saturated carbocycles. The van der Waals surface area contributed by atoms with Gasteiger partial charge < -0.3 is 5.32 Å². The molecule has 0 amide bonds. The second kappa shape index (κ2) is 6.94. The molecule has 0 spiro atoms. The van der Waals surface area contributed by atoms with Crippen molar-refractivity contribution in [1.29, 1.82) is 5.26 Å². The summed E-state index contributed by atoms with van der Waals surface area (Å²) in [5, 5.41) is 12.2. The third-order valence-electron chi connectivity index (χ3n) is 5.01. The van der Waals surface area contributed by atoms with Gasteiger partial charge in [-0.05, 0) is 61.4 Å². The summed E-state index contributed by atoms with van der Waals surface area (Å²) < 4.78 is 0. The first-order valence-electron chi connectivity index (χ1n) is 8.62. The molecule has 1 aliphatic rings. The number of pyridine rings is 1. The minimum atomic E-state index is -0.00267. The Bertz CT molecular complexity index is 837. The van der Waals surface area contributed by atoms with E-state index in [2.05, 4.69) is 54.7 Å². The molecule has 3 heteroatoms. The zero-order valence-corrected chi connectivity index (χ0v) is 14.7. The Morgan fingerprint density at radius 2 is 2.16 bits per heavy atom. The fourth-order valence-corrected chi connectivity index (χ4v) is 3.23. The van der Waals surface area contributed by atoms with Crippen LogP contribution in [-0.4, -0.2) is 4.98 Å². The van der Waals surface area contributed by atoms with Crippen LogP contribution in [0.15, 0.2) is 61.5 Å². The SMILES string of the molecule is C=CCCc1ccc(C2(C(=C)Nc3ccc(C#N)cn3)CC2)cc1C. The van der Waals surface area contributed by atoms with Crippen LogP contribution in [0.25, 0.3) is 0 Å². The highest BCUT2D eigenvalue weighted by Crippen LogP contribution is 2.53. The second-order valence-electron chi connectivity index (χ2n) is 6.70. The van der Waals surface area contributed by atoms with E-state index in [1.165, 1.54) is 16.7 Å². The lowest BCUT2D eigenvalue weighted by Gasteiger charge is -2.21. The molecule has 1 N–H and O–H groups in total. The zero-order chi connectivity index (χ0) is 17.9. The van der Waals surface area contributed by atoms with Crippen molar-refractivity contribution < 1.29 is 0 Å². The molecule has 3 rings (SSSR count). The Balaban J connectivity index is 1.77. The minimum absolute atomic E-state index is 0.00267. The van der Waals surface area contributed by atoms with Gasteiger partial charge in [-0.25, -0.2) is 4.98 Å². The molecule has 0 bridgehead atoms. The van der Waals surface area contributed by atoms with Crippen LogP contribution in [0.1, 0.15) is 41.5 Å². The van der Waals surface area contributed by atoms with Gasteiger partial charge in [0.25, 0.3) is 0 Å². The molecule has 0 atom stereocenters. The van der Waals surface area contributed by atoms with Gasteiger partial charge in [0, 0.05) is 17.3 Å². The first kappa shape index (κ1) is 17.0. The average Bonchev–Trinajstić information content (AvgIpc) is 3.43. The van der Waals surface area contributed by atoms with Crippen molar-refractivity contribution in [1.82, 2.24) is 4.98 Å². The number of hydrogen-bond donors (Lipinski definition) is 1. The van der Waals surface area contributed by atoms with Crippen molar-refractivity contribution in [2.24, 2.45) is 0 Å². The van der Waals surface area contributed by atoms with Gasteiger partial charge in [-0.2, -0.15) is 5.26 Å². The lowest BCUT2D eigenvalue weighted by atomic mass is 9.89. The maximum Gasteiger partial charge on any atom is 0.130 e. The van der Waals surface area contributed by atoms with E-state index in [0.717, 1.165) is 37.2 Å². The first-order valence-corrected chi connectivity index (χ1v) is 8.62. The number of hydrogen-bond acceptors (Lipinski definition) is 3. The van der Waals surface area contributed by atoms with E-state index in [4.69, 9.17) is 5.26 Å². The number of aryl methyl sites for hydroxylation is 2. The van der Waals surface area contributed by atoms with E-state index in [-0.39, 0.29) is 5.41 Å². The van der Waals surface area contributed by atoms with Crippen LogP contribution in [0, 0.1) is 18.3 Å². The van der Waals surface area contributed by atoms with Crippen LogP contribution in [0.4, 0.5) is 5.82 Å². The first-order chi connectivity index (χ1) is 12.1. The number of aromatic nitrogens is 1. The molecular formula is C22H23N3. The number of nitrogens with zero attached hydrogens (tertiary/aromatic N) is 2. The lowest BCUT2D eigenvalue weighted by Crippen LogP contribution is -2.17. The Labute approximate surface area is 149 Å². The van der Waals surface area contributed by atoms with Crippen LogP contribution < -0.4 is 5.32 Å². The Kier molecular flexibility index (Phi) is 4.72. The number of benzene rings is 1. The normalized spacial score (nSPS) is 14.4. The minimum Gasteiger partial charge on any atom is -0.343 e. The van der Waals surface area contributed by atoms with Gasteiger partial charge in [0.15, 0.2) is 0 Å². The summed E-state index contributed by atoms with van der Waals surface area (Å²) >= 11 is 0. The Hall–Kier alpha value is -2.86. The van der Waals surface area contributed by atoms with Crippen LogP contribution in [0.5, 0.6) is 0 Å². The van der Waals surface area contributed by atoms with Gasteiger partial charge in [-0.1, -0.05) is 30.9 Å². The molecule has 1 heterocycles. The smallest absolute Gasteiger partial charge is 0.130 e. The van der Waals surface area contributed by atoms with Crippen LogP contribution >= 0.6 is 0 Å². The van der Waals surface area contributed by atoms with E-state index in [1.54, 1.807) is 12.3 Å². The quantitative estimate of drug-likeness (QED) is 0.724. The second-order valence-corrected chi connectivity index (χ2v) is 6.70. The summed E-state index contributed by atoms with van der Waals surface area (Å²) in [5.41, 5.74) is 5.56. The molecule has 0 unspecified atom stereocenters. The topological polar surface area (TPSA) is 48.7 Å². The number of nitriles is 1. The largest absolute Gasteiger partial charge is 0.343 e. The van der Waals surface area contributed by atoms with E-state index in [9.17, 15) is 0 Å². The van der Waals surface area contributed by atoms with Gasteiger partial charge in [0.05, 0.1) is 5.56 Å². The van der Waals surface area contributed by atoms with E-state index >= 15 is 0 Å². The van der Waals surface area contributed by atoms with Gasteiger partial charge in [-0.3, -0.25) is 0 Å². The molecule has 2 aromatic rings. The number of nitrogens with one attached hydrogen (secondary N) is 1. The molecule has 1 aliphatic carbocycles. The lowest BCUT2D eigenvalue weighted by molar-refractivity contribution is 0.823. The molecule has 1 aromatic carbocycles. The highest BCUT2D eigenvalue weighted by molar-refractivity contribution is 5.53. The zero-order valence-electron chi connectivity index (χ0n) is 14.7. The fraction of sp³-hybridized carbons (Fsp3) is 0.273. The standard InChI is InChI=1S/C22H23N3/c1-4-5-6-19-8-9-20(13-16(19)2)22(11-12-22)17(3)25-21-10-7-18(14-23)15-24-21/h4,7-10,13,15H,1,3,5-6,11-12H2,2H3,(H,24,25). The van der Waals surface area contributed by atoms with Crippen molar-refractivity contribution in [3.8, 4) is 6.07 Å². The van der Waals surface area contributed by atoms with E-state index < -0.39 is 0 Å². The number of rotatable bonds is 7. The van der Waals surface area contributed by atoms with Crippen molar-refractivity contribution >= 4 is 5.82 Å². The Morgan fingerprint density at radius 1 is 1.36 bits per heavy atom. The van der Waals surface area contributed by atoms with E-state index in [0.29, 0.717) is 5.56 Å². The van der Waals surface area contributed by atoms with Crippen LogP contribution in [0.2, 0.25) is 0 Å².